The third-order valence-corrected chi connectivity index (χ3v) is 4.28. The molecule has 0 saturated heterocycles. The summed E-state index contributed by atoms with van der Waals surface area (Å²) in [5.74, 6) is -0.145. The number of ether oxygens (including phenoxy) is 1. The minimum absolute atomic E-state index is 0.145. The van der Waals surface area contributed by atoms with Crippen molar-refractivity contribution in [3.05, 3.63) is 44.9 Å². The van der Waals surface area contributed by atoms with E-state index in [0.29, 0.717) is 23.9 Å². The highest BCUT2D eigenvalue weighted by atomic mass is 79.9. The van der Waals surface area contributed by atoms with Crippen molar-refractivity contribution >= 4 is 38.3 Å². The van der Waals surface area contributed by atoms with Gasteiger partial charge in [-0.05, 0) is 18.2 Å². The number of anilines is 1. The number of nitrogens with one attached hydrogen (secondary N) is 1. The van der Waals surface area contributed by atoms with Crippen LogP contribution in [0.3, 0.4) is 0 Å². The number of nitrogens with zero attached hydrogens (tertiary/aromatic N) is 1. The van der Waals surface area contributed by atoms with Crippen molar-refractivity contribution < 1.29 is 9.53 Å². The molecule has 2 heterocycles. The monoisotopic (exact) mass is 338 g/mol. The number of aromatic nitrogens is 1. The Morgan fingerprint density at radius 3 is 3.16 bits per heavy atom. The van der Waals surface area contributed by atoms with Crippen LogP contribution in [0.4, 0.5) is 5.13 Å². The second-order valence-electron chi connectivity index (χ2n) is 4.16. The van der Waals surface area contributed by atoms with Gasteiger partial charge in [0.2, 0.25) is 0 Å². The van der Waals surface area contributed by atoms with Crippen LogP contribution in [-0.2, 0) is 17.8 Å². The summed E-state index contributed by atoms with van der Waals surface area (Å²) in [5, 5.41) is 3.47. The van der Waals surface area contributed by atoms with Crippen LogP contribution in [0.15, 0.2) is 28.7 Å². The molecular formula is C13H11BrN2O2S. The Kier molecular flexibility index (Phi) is 3.63. The number of hydrogen-bond donors (Lipinski definition) is 1. The number of hydrogen-bond acceptors (Lipinski definition) is 4. The molecule has 2 aromatic rings. The quantitative estimate of drug-likeness (QED) is 0.914. The van der Waals surface area contributed by atoms with Crippen LogP contribution in [0, 0.1) is 0 Å². The molecule has 0 unspecified atom stereocenters. The minimum Gasteiger partial charge on any atom is -0.375 e. The highest BCUT2D eigenvalue weighted by Crippen LogP contribution is 2.27. The van der Waals surface area contributed by atoms with Crippen molar-refractivity contribution in [1.29, 1.82) is 0 Å². The standard InChI is InChI=1S/C13H11BrN2O2S/c14-9-3-1-2-8(6-9)12(17)16-13-15-10-4-5-18-7-11(10)19-13/h1-3,6H,4-5,7H2,(H,15,16,17). The van der Waals surface area contributed by atoms with Crippen LogP contribution >= 0.6 is 27.3 Å². The number of thiazole rings is 1. The van der Waals surface area contributed by atoms with Gasteiger partial charge in [0.1, 0.15) is 0 Å². The van der Waals surface area contributed by atoms with Gasteiger partial charge in [0.05, 0.1) is 23.8 Å². The Morgan fingerprint density at radius 2 is 2.37 bits per heavy atom. The van der Waals surface area contributed by atoms with E-state index < -0.39 is 0 Å². The van der Waals surface area contributed by atoms with Crippen LogP contribution < -0.4 is 5.32 Å². The van der Waals surface area contributed by atoms with E-state index in [1.54, 1.807) is 12.1 Å². The number of fused-ring (bicyclic) bond motifs is 1. The fraction of sp³-hybridized carbons (Fsp3) is 0.231. The maximum atomic E-state index is 12.1. The number of amides is 1. The first-order valence-electron chi connectivity index (χ1n) is 5.85. The van der Waals surface area contributed by atoms with Gasteiger partial charge in [-0.3, -0.25) is 10.1 Å². The van der Waals surface area contributed by atoms with Crippen LogP contribution in [-0.4, -0.2) is 17.5 Å². The van der Waals surface area contributed by atoms with Gasteiger partial charge in [0.25, 0.3) is 5.91 Å². The lowest BCUT2D eigenvalue weighted by molar-refractivity contribution is 0.102. The van der Waals surface area contributed by atoms with Crippen molar-refractivity contribution in [2.45, 2.75) is 13.0 Å². The molecule has 0 atom stereocenters. The molecule has 0 radical (unpaired) electrons. The summed E-state index contributed by atoms with van der Waals surface area (Å²) in [5.41, 5.74) is 1.65. The normalized spacial score (nSPS) is 13.9. The summed E-state index contributed by atoms with van der Waals surface area (Å²) in [6, 6.07) is 7.28. The number of carbonyl (C=O) groups excluding carboxylic acids is 1. The average molecular weight is 339 g/mol. The lowest BCUT2D eigenvalue weighted by atomic mass is 10.2. The molecule has 1 aromatic heterocycles. The molecule has 0 saturated carbocycles. The fourth-order valence-electron chi connectivity index (χ4n) is 1.88. The highest BCUT2D eigenvalue weighted by Gasteiger charge is 2.17. The Morgan fingerprint density at radius 1 is 1.47 bits per heavy atom. The first kappa shape index (κ1) is 12.8. The molecule has 3 rings (SSSR count). The molecule has 0 spiro atoms. The fourth-order valence-corrected chi connectivity index (χ4v) is 3.22. The van der Waals surface area contributed by atoms with E-state index in [0.717, 1.165) is 21.5 Å². The van der Waals surface area contributed by atoms with Crippen molar-refractivity contribution in [3.63, 3.8) is 0 Å². The number of halogens is 1. The van der Waals surface area contributed by atoms with E-state index in [1.807, 2.05) is 12.1 Å². The maximum absolute atomic E-state index is 12.1. The van der Waals surface area contributed by atoms with Gasteiger partial charge in [0.15, 0.2) is 5.13 Å². The predicted octanol–water partition coefficient (Wildman–Crippen LogP) is 3.23. The van der Waals surface area contributed by atoms with E-state index in [4.69, 9.17) is 4.74 Å². The largest absolute Gasteiger partial charge is 0.375 e. The van der Waals surface area contributed by atoms with Crippen LogP contribution in [0.1, 0.15) is 20.9 Å². The number of carbonyl (C=O) groups is 1. The van der Waals surface area contributed by atoms with Crippen molar-refractivity contribution in [2.24, 2.45) is 0 Å². The molecule has 4 nitrogen and oxygen atoms in total. The van der Waals surface area contributed by atoms with Gasteiger partial charge in [-0.25, -0.2) is 4.98 Å². The van der Waals surface area contributed by atoms with Crippen LogP contribution in [0.25, 0.3) is 0 Å². The average Bonchev–Trinajstić information content (AvgIpc) is 2.80. The zero-order valence-electron chi connectivity index (χ0n) is 9.98. The van der Waals surface area contributed by atoms with E-state index in [2.05, 4.69) is 26.2 Å². The smallest absolute Gasteiger partial charge is 0.257 e. The third-order valence-electron chi connectivity index (χ3n) is 2.80. The summed E-state index contributed by atoms with van der Waals surface area (Å²) < 4.78 is 6.25. The van der Waals surface area contributed by atoms with Gasteiger partial charge in [-0.1, -0.05) is 33.3 Å². The molecule has 98 valence electrons. The predicted molar refractivity (Wildman–Crippen MR) is 77.6 cm³/mol. The zero-order valence-corrected chi connectivity index (χ0v) is 12.4. The van der Waals surface area contributed by atoms with E-state index >= 15 is 0 Å². The second-order valence-corrected chi connectivity index (χ2v) is 6.16. The first-order valence-corrected chi connectivity index (χ1v) is 7.46. The van der Waals surface area contributed by atoms with Crippen molar-refractivity contribution in [2.75, 3.05) is 11.9 Å². The van der Waals surface area contributed by atoms with E-state index in [-0.39, 0.29) is 5.91 Å². The topological polar surface area (TPSA) is 51.2 Å². The van der Waals surface area contributed by atoms with E-state index in [9.17, 15) is 4.79 Å². The summed E-state index contributed by atoms with van der Waals surface area (Å²) >= 11 is 4.84. The molecule has 0 bridgehead atoms. The zero-order chi connectivity index (χ0) is 13.2. The second kappa shape index (κ2) is 5.40. The maximum Gasteiger partial charge on any atom is 0.257 e. The molecule has 0 aliphatic carbocycles. The molecular weight excluding hydrogens is 328 g/mol. The van der Waals surface area contributed by atoms with Gasteiger partial charge >= 0.3 is 0 Å². The highest BCUT2D eigenvalue weighted by molar-refractivity contribution is 9.10. The Bertz CT molecular complexity index is 603. The van der Waals surface area contributed by atoms with Gasteiger partial charge in [-0.2, -0.15) is 0 Å². The summed E-state index contributed by atoms with van der Waals surface area (Å²) in [7, 11) is 0. The van der Waals surface area contributed by atoms with Gasteiger partial charge < -0.3 is 4.74 Å². The van der Waals surface area contributed by atoms with Gasteiger partial charge in [0, 0.05) is 16.5 Å². The third kappa shape index (κ3) is 2.86. The first-order chi connectivity index (χ1) is 9.22. The Labute approximate surface area is 122 Å². The van der Waals surface area contributed by atoms with Crippen molar-refractivity contribution in [3.8, 4) is 0 Å². The Balaban J connectivity index is 1.77. The van der Waals surface area contributed by atoms with Crippen molar-refractivity contribution in [1.82, 2.24) is 4.98 Å². The number of rotatable bonds is 2. The lowest BCUT2D eigenvalue weighted by Gasteiger charge is -2.08. The Hall–Kier alpha value is -1.24. The molecule has 1 N–H and O–H groups in total. The molecule has 1 aromatic carbocycles. The van der Waals surface area contributed by atoms with Crippen LogP contribution in [0.2, 0.25) is 0 Å². The molecule has 6 heteroatoms. The minimum atomic E-state index is -0.145. The SMILES string of the molecule is O=C(Nc1nc2c(s1)COCC2)c1cccc(Br)c1. The molecule has 1 aliphatic rings. The summed E-state index contributed by atoms with van der Waals surface area (Å²) in [6.45, 7) is 1.30. The molecule has 19 heavy (non-hydrogen) atoms. The summed E-state index contributed by atoms with van der Waals surface area (Å²) in [6.07, 6.45) is 0.818. The summed E-state index contributed by atoms with van der Waals surface area (Å²) in [4.78, 5) is 17.6. The molecule has 1 amide bonds. The van der Waals surface area contributed by atoms with Crippen LogP contribution in [0.5, 0.6) is 0 Å². The van der Waals surface area contributed by atoms with Gasteiger partial charge in [-0.15, -0.1) is 0 Å². The van der Waals surface area contributed by atoms with E-state index in [1.165, 1.54) is 11.3 Å². The number of benzene rings is 1. The lowest BCUT2D eigenvalue weighted by Crippen LogP contribution is -2.11. The molecule has 0 fully saturated rings. The molecule has 1 aliphatic heterocycles.